The Balaban J connectivity index is 1.60. The monoisotopic (exact) mass is 291 g/mol. The van der Waals surface area contributed by atoms with Gasteiger partial charge in [0.15, 0.2) is 0 Å². The van der Waals surface area contributed by atoms with Gasteiger partial charge < -0.3 is 10.1 Å². The molecule has 1 N–H and O–H groups in total. The zero-order valence-corrected chi connectivity index (χ0v) is 12.8. The van der Waals surface area contributed by atoms with Crippen molar-refractivity contribution in [2.45, 2.75) is 6.92 Å². The Morgan fingerprint density at radius 3 is 2.48 bits per heavy atom. The van der Waals surface area contributed by atoms with Crippen LogP contribution in [0.1, 0.15) is 6.92 Å². The van der Waals surface area contributed by atoms with E-state index in [1.165, 1.54) is 0 Å². The Morgan fingerprint density at radius 2 is 1.81 bits per heavy atom. The van der Waals surface area contributed by atoms with Crippen molar-refractivity contribution in [3.05, 3.63) is 30.3 Å². The first-order chi connectivity index (χ1) is 10.3. The molecule has 2 rings (SSSR count). The molecule has 0 aliphatic carbocycles. The average molecular weight is 291 g/mol. The lowest BCUT2D eigenvalue weighted by atomic mass is 10.3. The molecule has 5 nitrogen and oxygen atoms in total. The fourth-order valence-corrected chi connectivity index (χ4v) is 2.44. The van der Waals surface area contributed by atoms with E-state index in [1.807, 2.05) is 37.3 Å². The lowest BCUT2D eigenvalue weighted by molar-refractivity contribution is -0.122. The van der Waals surface area contributed by atoms with Crippen molar-refractivity contribution in [2.24, 2.45) is 0 Å². The first kappa shape index (κ1) is 15.8. The molecule has 1 aliphatic heterocycles. The summed E-state index contributed by atoms with van der Waals surface area (Å²) in [6.07, 6.45) is 0. The Bertz CT molecular complexity index is 417. The lowest BCUT2D eigenvalue weighted by Crippen LogP contribution is -2.50. The molecule has 5 heteroatoms. The van der Waals surface area contributed by atoms with Gasteiger partial charge in [0.05, 0.1) is 6.54 Å². The van der Waals surface area contributed by atoms with Crippen molar-refractivity contribution in [3.63, 3.8) is 0 Å². The molecule has 0 bridgehead atoms. The number of rotatable bonds is 7. The van der Waals surface area contributed by atoms with Crippen LogP contribution >= 0.6 is 0 Å². The van der Waals surface area contributed by atoms with Gasteiger partial charge in [-0.3, -0.25) is 14.6 Å². The molecule has 0 radical (unpaired) electrons. The number of nitrogens with one attached hydrogen (secondary N) is 1. The molecule has 0 aromatic heterocycles. The number of carbonyl (C=O) groups is 1. The molecule has 1 heterocycles. The second-order valence-electron chi connectivity index (χ2n) is 5.23. The van der Waals surface area contributed by atoms with Gasteiger partial charge in [0, 0.05) is 39.3 Å². The number of amides is 1. The van der Waals surface area contributed by atoms with Crippen LogP contribution in [-0.2, 0) is 4.79 Å². The van der Waals surface area contributed by atoms with Crippen molar-refractivity contribution in [1.82, 2.24) is 15.1 Å². The number of hydrogen-bond acceptors (Lipinski definition) is 4. The van der Waals surface area contributed by atoms with Crippen molar-refractivity contribution < 1.29 is 9.53 Å². The van der Waals surface area contributed by atoms with Gasteiger partial charge in [-0.15, -0.1) is 0 Å². The predicted octanol–water partition coefficient (Wildman–Crippen LogP) is 0.819. The molecule has 1 fully saturated rings. The highest BCUT2D eigenvalue weighted by molar-refractivity contribution is 5.77. The molecule has 116 valence electrons. The molecular formula is C16H25N3O2. The first-order valence-electron chi connectivity index (χ1n) is 7.67. The smallest absolute Gasteiger partial charge is 0.234 e. The Kier molecular flexibility index (Phi) is 6.50. The molecule has 1 amide bonds. The SMILES string of the molecule is CCNC(=O)CN1CCN(CCOc2ccccc2)CC1. The summed E-state index contributed by atoms with van der Waals surface area (Å²) in [7, 11) is 0. The molecule has 1 aliphatic rings. The minimum Gasteiger partial charge on any atom is -0.492 e. The second kappa shape index (κ2) is 8.64. The van der Waals surface area contributed by atoms with Gasteiger partial charge in [0.1, 0.15) is 12.4 Å². The Labute approximate surface area is 126 Å². The lowest BCUT2D eigenvalue weighted by Gasteiger charge is -2.34. The molecule has 0 saturated carbocycles. The molecular weight excluding hydrogens is 266 g/mol. The number of para-hydroxylation sites is 1. The van der Waals surface area contributed by atoms with Gasteiger partial charge in [0.2, 0.25) is 5.91 Å². The van der Waals surface area contributed by atoms with Gasteiger partial charge in [-0.1, -0.05) is 18.2 Å². The highest BCUT2D eigenvalue weighted by Crippen LogP contribution is 2.08. The summed E-state index contributed by atoms with van der Waals surface area (Å²) in [5.41, 5.74) is 0. The van der Waals surface area contributed by atoms with Crippen LogP contribution in [0.15, 0.2) is 30.3 Å². The summed E-state index contributed by atoms with van der Waals surface area (Å²) >= 11 is 0. The third-order valence-electron chi connectivity index (χ3n) is 3.63. The van der Waals surface area contributed by atoms with Crippen LogP contribution in [0.5, 0.6) is 5.75 Å². The molecule has 1 aromatic carbocycles. The van der Waals surface area contributed by atoms with E-state index >= 15 is 0 Å². The fraction of sp³-hybridized carbons (Fsp3) is 0.562. The summed E-state index contributed by atoms with van der Waals surface area (Å²) in [5, 5.41) is 2.84. The van der Waals surface area contributed by atoms with E-state index in [2.05, 4.69) is 15.1 Å². The van der Waals surface area contributed by atoms with Crippen molar-refractivity contribution >= 4 is 5.91 Å². The summed E-state index contributed by atoms with van der Waals surface area (Å²) in [5.74, 6) is 1.05. The van der Waals surface area contributed by atoms with Gasteiger partial charge in [-0.2, -0.15) is 0 Å². The fourth-order valence-electron chi connectivity index (χ4n) is 2.44. The van der Waals surface area contributed by atoms with Crippen LogP contribution in [0.4, 0.5) is 0 Å². The Hall–Kier alpha value is -1.59. The van der Waals surface area contributed by atoms with E-state index in [-0.39, 0.29) is 5.91 Å². The third-order valence-corrected chi connectivity index (χ3v) is 3.63. The molecule has 0 spiro atoms. The maximum absolute atomic E-state index is 11.5. The maximum atomic E-state index is 11.5. The topological polar surface area (TPSA) is 44.8 Å². The number of piperazine rings is 1. The number of nitrogens with zero attached hydrogens (tertiary/aromatic N) is 2. The largest absolute Gasteiger partial charge is 0.492 e. The number of benzene rings is 1. The van der Waals surface area contributed by atoms with Gasteiger partial charge in [0.25, 0.3) is 0 Å². The normalized spacial score (nSPS) is 16.6. The van der Waals surface area contributed by atoms with Crippen LogP contribution in [0.2, 0.25) is 0 Å². The van der Waals surface area contributed by atoms with E-state index in [9.17, 15) is 4.79 Å². The van der Waals surface area contributed by atoms with Crippen LogP contribution < -0.4 is 10.1 Å². The summed E-state index contributed by atoms with van der Waals surface area (Å²) in [4.78, 5) is 16.1. The van der Waals surface area contributed by atoms with Gasteiger partial charge >= 0.3 is 0 Å². The van der Waals surface area contributed by atoms with Crippen molar-refractivity contribution in [1.29, 1.82) is 0 Å². The van der Waals surface area contributed by atoms with Gasteiger partial charge in [-0.05, 0) is 19.1 Å². The third kappa shape index (κ3) is 5.73. The number of carbonyl (C=O) groups excluding carboxylic acids is 1. The van der Waals surface area contributed by atoms with E-state index in [0.717, 1.165) is 38.5 Å². The molecule has 1 saturated heterocycles. The van der Waals surface area contributed by atoms with E-state index < -0.39 is 0 Å². The molecule has 0 atom stereocenters. The zero-order chi connectivity index (χ0) is 14.9. The van der Waals surface area contributed by atoms with Crippen LogP contribution in [-0.4, -0.2) is 68.1 Å². The number of likely N-dealkylation sites (N-methyl/N-ethyl adjacent to an activating group) is 1. The number of ether oxygens (including phenoxy) is 1. The first-order valence-corrected chi connectivity index (χ1v) is 7.67. The highest BCUT2D eigenvalue weighted by atomic mass is 16.5. The second-order valence-corrected chi connectivity index (χ2v) is 5.23. The summed E-state index contributed by atoms with van der Waals surface area (Å²) < 4.78 is 5.71. The van der Waals surface area contributed by atoms with Crippen LogP contribution in [0.25, 0.3) is 0 Å². The minimum atomic E-state index is 0.123. The van der Waals surface area contributed by atoms with E-state index in [0.29, 0.717) is 19.7 Å². The highest BCUT2D eigenvalue weighted by Gasteiger charge is 2.18. The minimum absolute atomic E-state index is 0.123. The zero-order valence-electron chi connectivity index (χ0n) is 12.8. The van der Waals surface area contributed by atoms with Crippen molar-refractivity contribution in [2.75, 3.05) is 52.4 Å². The summed E-state index contributed by atoms with van der Waals surface area (Å²) in [6, 6.07) is 9.90. The van der Waals surface area contributed by atoms with Crippen molar-refractivity contribution in [3.8, 4) is 5.75 Å². The molecule has 1 aromatic rings. The number of hydrogen-bond donors (Lipinski definition) is 1. The van der Waals surface area contributed by atoms with Gasteiger partial charge in [-0.25, -0.2) is 0 Å². The molecule has 21 heavy (non-hydrogen) atoms. The van der Waals surface area contributed by atoms with E-state index in [1.54, 1.807) is 0 Å². The van der Waals surface area contributed by atoms with Crippen LogP contribution in [0.3, 0.4) is 0 Å². The standard InChI is InChI=1S/C16H25N3O2/c1-2-17-16(20)14-19-10-8-18(9-11-19)12-13-21-15-6-4-3-5-7-15/h3-7H,2,8-14H2,1H3,(H,17,20). The summed E-state index contributed by atoms with van der Waals surface area (Å²) in [6.45, 7) is 8.70. The maximum Gasteiger partial charge on any atom is 0.234 e. The predicted molar refractivity (Wildman–Crippen MR) is 83.5 cm³/mol. The quantitative estimate of drug-likeness (QED) is 0.808. The van der Waals surface area contributed by atoms with Crippen LogP contribution in [0, 0.1) is 0 Å². The van der Waals surface area contributed by atoms with E-state index in [4.69, 9.17) is 4.74 Å². The Morgan fingerprint density at radius 1 is 1.14 bits per heavy atom. The molecule has 0 unspecified atom stereocenters. The average Bonchev–Trinajstić information content (AvgIpc) is 2.50.